The van der Waals surface area contributed by atoms with Crippen LogP contribution in [0.5, 0.6) is 0 Å². The van der Waals surface area contributed by atoms with Gasteiger partial charge in [0, 0.05) is 13.6 Å². The zero-order chi connectivity index (χ0) is 22.9. The minimum Gasteiger partial charge on any atom is -0.454 e. The van der Waals surface area contributed by atoms with Gasteiger partial charge in [0.25, 0.3) is 5.91 Å². The van der Waals surface area contributed by atoms with Crippen LogP contribution in [0.15, 0.2) is 59.5 Å². The molecule has 164 valence electrons. The molecule has 2 aromatic carbocycles. The number of halogens is 1. The number of ether oxygens (including phenoxy) is 1. The maximum atomic E-state index is 14.0. The second-order valence-electron chi connectivity index (χ2n) is 6.63. The zero-order valence-electron chi connectivity index (χ0n) is 16.8. The van der Waals surface area contributed by atoms with E-state index in [9.17, 15) is 22.4 Å². The predicted octanol–water partition coefficient (Wildman–Crippen LogP) is 1.63. The molecule has 2 rings (SSSR count). The molecule has 0 heterocycles. The van der Waals surface area contributed by atoms with Crippen LogP contribution >= 0.6 is 0 Å². The quantitative estimate of drug-likeness (QED) is 0.554. The predicted molar refractivity (Wildman–Crippen MR) is 109 cm³/mol. The number of amides is 1. The maximum Gasteiger partial charge on any atom is 0.325 e. The number of hydrogen-bond acceptors (Lipinski definition) is 6. The number of likely N-dealkylation sites (N-methyl/N-ethyl adjacent to an activating group) is 1. The molecule has 0 saturated heterocycles. The van der Waals surface area contributed by atoms with Gasteiger partial charge in [0.1, 0.15) is 16.8 Å². The third kappa shape index (κ3) is 7.16. The average molecular weight is 447 g/mol. The Morgan fingerprint density at radius 2 is 1.81 bits per heavy atom. The fourth-order valence-electron chi connectivity index (χ4n) is 2.62. The highest BCUT2D eigenvalue weighted by atomic mass is 32.2. The van der Waals surface area contributed by atoms with Crippen molar-refractivity contribution >= 4 is 21.9 Å². The van der Waals surface area contributed by atoms with Crippen molar-refractivity contribution in [2.45, 2.75) is 23.8 Å². The highest BCUT2D eigenvalue weighted by molar-refractivity contribution is 7.89. The summed E-state index contributed by atoms with van der Waals surface area (Å²) in [6, 6.07) is 13.9. The summed E-state index contributed by atoms with van der Waals surface area (Å²) in [5.74, 6) is -2.49. The fourth-order valence-corrected chi connectivity index (χ4v) is 3.89. The first kappa shape index (κ1) is 24.0. The van der Waals surface area contributed by atoms with Crippen LogP contribution in [0.25, 0.3) is 0 Å². The lowest BCUT2D eigenvalue weighted by Crippen LogP contribution is -2.44. The molecule has 0 bridgehead atoms. The van der Waals surface area contributed by atoms with Gasteiger partial charge in [-0.3, -0.25) is 9.59 Å². The molecule has 1 amide bonds. The molecule has 1 unspecified atom stereocenters. The van der Waals surface area contributed by atoms with Crippen LogP contribution in [0, 0.1) is 17.1 Å². The molecule has 0 aliphatic rings. The van der Waals surface area contributed by atoms with E-state index in [2.05, 4.69) is 4.72 Å². The van der Waals surface area contributed by atoms with Gasteiger partial charge in [-0.15, -0.1) is 0 Å². The van der Waals surface area contributed by atoms with E-state index in [1.807, 2.05) is 6.07 Å². The molecule has 31 heavy (non-hydrogen) atoms. The molecule has 0 saturated carbocycles. The summed E-state index contributed by atoms with van der Waals surface area (Å²) >= 11 is 0. The molecule has 0 fully saturated rings. The monoisotopic (exact) mass is 447 g/mol. The van der Waals surface area contributed by atoms with E-state index >= 15 is 0 Å². The van der Waals surface area contributed by atoms with Gasteiger partial charge < -0.3 is 9.64 Å². The smallest absolute Gasteiger partial charge is 0.325 e. The first-order valence-electron chi connectivity index (χ1n) is 9.33. The summed E-state index contributed by atoms with van der Waals surface area (Å²) in [5, 5.41) is 8.58. The Morgan fingerprint density at radius 3 is 2.45 bits per heavy atom. The fraction of sp³-hybridized carbons (Fsp3) is 0.286. The van der Waals surface area contributed by atoms with Crippen molar-refractivity contribution in [2.24, 2.45) is 0 Å². The van der Waals surface area contributed by atoms with Crippen LogP contribution in [0.4, 0.5) is 4.39 Å². The zero-order valence-corrected chi connectivity index (χ0v) is 17.6. The van der Waals surface area contributed by atoms with Gasteiger partial charge in [-0.05, 0) is 24.1 Å². The number of nitriles is 1. The van der Waals surface area contributed by atoms with Crippen molar-refractivity contribution in [3.05, 3.63) is 66.0 Å². The molecule has 0 radical (unpaired) electrons. The minimum atomic E-state index is -4.38. The third-order valence-corrected chi connectivity index (χ3v) is 5.82. The second-order valence-corrected chi connectivity index (χ2v) is 8.31. The number of nitrogens with one attached hydrogen (secondary N) is 1. The molecule has 1 N–H and O–H groups in total. The van der Waals surface area contributed by atoms with E-state index in [4.69, 9.17) is 10.00 Å². The van der Waals surface area contributed by atoms with Gasteiger partial charge in [-0.25, -0.2) is 12.8 Å². The summed E-state index contributed by atoms with van der Waals surface area (Å²) in [4.78, 5) is 25.3. The van der Waals surface area contributed by atoms with Crippen molar-refractivity contribution in [2.75, 3.05) is 20.2 Å². The van der Waals surface area contributed by atoms with Gasteiger partial charge in [0.2, 0.25) is 10.0 Å². The molecule has 0 aliphatic carbocycles. The Balaban J connectivity index is 2.17. The van der Waals surface area contributed by atoms with E-state index in [0.29, 0.717) is 5.56 Å². The SMILES string of the molecule is CN(CCC#N)C(=O)COC(=O)C(Cc1ccccc1)NS(=O)(=O)c1ccccc1F. The average Bonchev–Trinajstić information content (AvgIpc) is 2.75. The lowest BCUT2D eigenvalue weighted by molar-refractivity contribution is -0.152. The first-order valence-corrected chi connectivity index (χ1v) is 10.8. The molecule has 2 aromatic rings. The topological polar surface area (TPSA) is 117 Å². The van der Waals surface area contributed by atoms with Crippen LogP contribution in [-0.4, -0.2) is 51.4 Å². The number of sulfonamides is 1. The number of rotatable bonds is 10. The van der Waals surface area contributed by atoms with Crippen molar-refractivity contribution in [1.29, 1.82) is 5.26 Å². The molecule has 10 heteroatoms. The Morgan fingerprint density at radius 1 is 1.16 bits per heavy atom. The summed E-state index contributed by atoms with van der Waals surface area (Å²) < 4.78 is 46.5. The summed E-state index contributed by atoms with van der Waals surface area (Å²) in [6.07, 6.45) is 0.0566. The maximum absolute atomic E-state index is 14.0. The van der Waals surface area contributed by atoms with E-state index in [1.54, 1.807) is 30.3 Å². The highest BCUT2D eigenvalue weighted by Gasteiger charge is 2.29. The van der Waals surface area contributed by atoms with Gasteiger partial charge in [-0.1, -0.05) is 42.5 Å². The number of hydrogen-bond donors (Lipinski definition) is 1. The van der Waals surface area contributed by atoms with Gasteiger partial charge >= 0.3 is 5.97 Å². The van der Waals surface area contributed by atoms with Crippen LogP contribution in [0.2, 0.25) is 0 Å². The Hall–Kier alpha value is -3.29. The van der Waals surface area contributed by atoms with Crippen LogP contribution in [0.3, 0.4) is 0 Å². The summed E-state index contributed by atoms with van der Waals surface area (Å²) in [7, 11) is -2.93. The lowest BCUT2D eigenvalue weighted by Gasteiger charge is -2.20. The molecule has 0 aromatic heterocycles. The number of carbonyl (C=O) groups excluding carboxylic acids is 2. The van der Waals surface area contributed by atoms with E-state index in [-0.39, 0.29) is 19.4 Å². The largest absolute Gasteiger partial charge is 0.454 e. The Bertz CT molecular complexity index is 1050. The number of carbonyl (C=O) groups is 2. The van der Waals surface area contributed by atoms with Crippen LogP contribution in [-0.2, 0) is 30.8 Å². The number of esters is 1. The van der Waals surface area contributed by atoms with E-state index in [1.165, 1.54) is 24.1 Å². The van der Waals surface area contributed by atoms with Crippen molar-refractivity contribution in [3.8, 4) is 6.07 Å². The molecular formula is C21H22FN3O5S. The Labute approximate surface area is 180 Å². The number of nitrogens with zero attached hydrogens (tertiary/aromatic N) is 2. The standard InChI is InChI=1S/C21H22FN3O5S/c1-25(13-7-12-23)20(26)15-30-21(27)18(14-16-8-3-2-4-9-16)24-31(28,29)19-11-6-5-10-17(19)22/h2-6,8-11,18,24H,7,13-15H2,1H3. The summed E-state index contributed by atoms with van der Waals surface area (Å²) in [6.45, 7) is -0.451. The van der Waals surface area contributed by atoms with Gasteiger partial charge in [0.15, 0.2) is 6.61 Å². The molecule has 1 atom stereocenters. The van der Waals surface area contributed by atoms with Crippen LogP contribution in [0.1, 0.15) is 12.0 Å². The second kappa shape index (κ2) is 11.2. The summed E-state index contributed by atoms with van der Waals surface area (Å²) in [5.41, 5.74) is 0.637. The van der Waals surface area contributed by atoms with Gasteiger partial charge in [-0.2, -0.15) is 9.98 Å². The molecule has 0 aliphatic heterocycles. The number of benzene rings is 2. The first-order chi connectivity index (χ1) is 14.7. The minimum absolute atomic E-state index is 0.0637. The van der Waals surface area contributed by atoms with Crippen molar-refractivity contribution in [1.82, 2.24) is 9.62 Å². The Kier molecular flexibility index (Phi) is 8.66. The molecule has 8 nitrogen and oxygen atoms in total. The van der Waals surface area contributed by atoms with E-state index < -0.39 is 45.3 Å². The van der Waals surface area contributed by atoms with E-state index in [0.717, 1.165) is 12.1 Å². The third-order valence-electron chi connectivity index (χ3n) is 4.31. The molecule has 0 spiro atoms. The normalized spacial score (nSPS) is 11.9. The lowest BCUT2D eigenvalue weighted by atomic mass is 10.1. The van der Waals surface area contributed by atoms with Crippen LogP contribution < -0.4 is 4.72 Å². The highest BCUT2D eigenvalue weighted by Crippen LogP contribution is 2.15. The van der Waals surface area contributed by atoms with Crippen molar-refractivity contribution < 1.29 is 27.1 Å². The van der Waals surface area contributed by atoms with Gasteiger partial charge in [0.05, 0.1) is 12.5 Å². The van der Waals surface area contributed by atoms with Crippen molar-refractivity contribution in [3.63, 3.8) is 0 Å². The molecular weight excluding hydrogens is 425 g/mol.